The van der Waals surface area contributed by atoms with Crippen LogP contribution in [0.3, 0.4) is 0 Å². The third-order valence-corrected chi connectivity index (χ3v) is 2.24. The zero-order valence-electron chi connectivity index (χ0n) is 5.65. The number of rotatable bonds is 3. The summed E-state index contributed by atoms with van der Waals surface area (Å²) in [7, 11) is 0. The first kappa shape index (κ1) is 7.94. The highest BCUT2D eigenvalue weighted by Gasteiger charge is 2.16. The summed E-state index contributed by atoms with van der Waals surface area (Å²) in [6, 6.07) is 3.49. The van der Waals surface area contributed by atoms with Gasteiger partial charge in [0.05, 0.1) is 0 Å². The Balaban J connectivity index is 2.88. The van der Waals surface area contributed by atoms with Gasteiger partial charge in [-0.3, -0.25) is 4.79 Å². The van der Waals surface area contributed by atoms with E-state index >= 15 is 0 Å². The van der Waals surface area contributed by atoms with Crippen LogP contribution in [0.1, 0.15) is 10.8 Å². The predicted octanol–water partition coefficient (Wildman–Crippen LogP) is 1.57. The van der Waals surface area contributed by atoms with Crippen LogP contribution >= 0.6 is 11.3 Å². The lowest BCUT2D eigenvalue weighted by molar-refractivity contribution is -0.136. The Hall–Kier alpha value is -1.16. The van der Waals surface area contributed by atoms with E-state index in [9.17, 15) is 4.79 Å². The lowest BCUT2D eigenvalue weighted by atomic mass is 10.1. The number of hydrogen-bond donors (Lipinski definition) is 2. The van der Waals surface area contributed by atoms with Crippen molar-refractivity contribution in [2.75, 3.05) is 0 Å². The molecule has 0 aliphatic rings. The Labute approximate surface area is 67.8 Å². The highest BCUT2D eigenvalue weighted by Crippen LogP contribution is 2.19. The molecule has 58 valence electrons. The lowest BCUT2D eigenvalue weighted by Gasteiger charge is -2.00. The minimum Gasteiger partial charge on any atom is -0.480 e. The first-order chi connectivity index (χ1) is 5.25. The van der Waals surface area contributed by atoms with Crippen molar-refractivity contribution in [2.24, 2.45) is 0 Å². The monoisotopic (exact) mass is 169 g/mol. The predicted molar refractivity (Wildman–Crippen MR) is 43.5 cm³/mol. The molecule has 1 aromatic rings. The number of thiophene rings is 1. The maximum atomic E-state index is 10.5. The van der Waals surface area contributed by atoms with Gasteiger partial charge in [-0.15, -0.1) is 11.3 Å². The normalized spacial score (nSPS) is 12.4. The van der Waals surface area contributed by atoms with E-state index in [4.69, 9.17) is 10.5 Å². The Kier molecular flexibility index (Phi) is 2.38. The van der Waals surface area contributed by atoms with E-state index in [0.717, 1.165) is 6.21 Å². The van der Waals surface area contributed by atoms with E-state index < -0.39 is 11.9 Å². The Morgan fingerprint density at radius 2 is 2.55 bits per heavy atom. The number of aliphatic carboxylic acids is 1. The van der Waals surface area contributed by atoms with Gasteiger partial charge in [-0.05, 0) is 11.4 Å². The van der Waals surface area contributed by atoms with Gasteiger partial charge in [-0.25, -0.2) is 0 Å². The molecule has 1 aromatic heterocycles. The Morgan fingerprint density at radius 1 is 1.82 bits per heavy atom. The summed E-state index contributed by atoms with van der Waals surface area (Å²) in [5.74, 6) is -1.74. The van der Waals surface area contributed by atoms with E-state index in [2.05, 4.69) is 0 Å². The molecule has 2 N–H and O–H groups in total. The first-order valence-electron chi connectivity index (χ1n) is 3.02. The second-order valence-corrected chi connectivity index (χ2v) is 2.98. The summed E-state index contributed by atoms with van der Waals surface area (Å²) in [5, 5.41) is 17.3. The van der Waals surface area contributed by atoms with Crippen molar-refractivity contribution in [1.29, 1.82) is 5.41 Å². The molecule has 0 aliphatic carbocycles. The highest BCUT2D eigenvalue weighted by atomic mass is 32.1. The van der Waals surface area contributed by atoms with E-state index in [1.807, 2.05) is 0 Å². The SMILES string of the molecule is N=C[C@@H](C(=O)O)c1cccs1. The molecule has 0 unspecified atom stereocenters. The van der Waals surface area contributed by atoms with Gasteiger partial charge in [0.25, 0.3) is 0 Å². The zero-order valence-corrected chi connectivity index (χ0v) is 6.47. The largest absolute Gasteiger partial charge is 0.480 e. The van der Waals surface area contributed by atoms with Crippen molar-refractivity contribution in [3.05, 3.63) is 22.4 Å². The lowest BCUT2D eigenvalue weighted by Crippen LogP contribution is -2.10. The quantitative estimate of drug-likeness (QED) is 0.674. The van der Waals surface area contributed by atoms with Crippen LogP contribution in [0.2, 0.25) is 0 Å². The molecule has 1 rings (SSSR count). The molecule has 3 nitrogen and oxygen atoms in total. The highest BCUT2D eigenvalue weighted by molar-refractivity contribution is 7.10. The molecule has 0 fully saturated rings. The van der Waals surface area contributed by atoms with Crippen LogP contribution in [0, 0.1) is 5.41 Å². The van der Waals surface area contributed by atoms with Crippen molar-refractivity contribution >= 4 is 23.5 Å². The second kappa shape index (κ2) is 3.30. The first-order valence-corrected chi connectivity index (χ1v) is 3.90. The number of carboxylic acids is 1. The molecule has 0 bridgehead atoms. The topological polar surface area (TPSA) is 61.2 Å². The molecule has 0 saturated heterocycles. The summed E-state index contributed by atoms with van der Waals surface area (Å²) in [5.41, 5.74) is 0. The second-order valence-electron chi connectivity index (χ2n) is 2.00. The molecule has 0 aliphatic heterocycles. The summed E-state index contributed by atoms with van der Waals surface area (Å²) in [6.45, 7) is 0. The number of carbonyl (C=O) groups is 1. The van der Waals surface area contributed by atoms with Gasteiger partial charge in [0.1, 0.15) is 5.92 Å². The smallest absolute Gasteiger partial charge is 0.317 e. The minimum absolute atomic E-state index is 0.701. The molecular formula is C7H7NO2S. The van der Waals surface area contributed by atoms with Crippen LogP contribution in [0.25, 0.3) is 0 Å². The van der Waals surface area contributed by atoms with Gasteiger partial charge in [0, 0.05) is 11.1 Å². The van der Waals surface area contributed by atoms with Crippen molar-refractivity contribution in [1.82, 2.24) is 0 Å². The standard InChI is InChI=1S/C7H7NO2S/c8-4-5(7(9)10)6-2-1-3-11-6/h1-5,8H,(H,9,10)/t5-/m1/s1. The number of nitrogens with one attached hydrogen (secondary N) is 1. The molecule has 1 atom stereocenters. The molecule has 0 radical (unpaired) electrons. The summed E-state index contributed by atoms with van der Waals surface area (Å²) >= 11 is 1.35. The fourth-order valence-electron chi connectivity index (χ4n) is 0.743. The van der Waals surface area contributed by atoms with Gasteiger partial charge in [-0.1, -0.05) is 6.07 Å². The summed E-state index contributed by atoms with van der Waals surface area (Å²) in [4.78, 5) is 11.2. The average Bonchev–Trinajstić information content (AvgIpc) is 2.40. The van der Waals surface area contributed by atoms with Gasteiger partial charge in [-0.2, -0.15) is 0 Å². The zero-order chi connectivity index (χ0) is 8.27. The maximum Gasteiger partial charge on any atom is 0.317 e. The van der Waals surface area contributed by atoms with Crippen molar-refractivity contribution < 1.29 is 9.90 Å². The third-order valence-electron chi connectivity index (χ3n) is 1.28. The molecule has 4 heteroatoms. The Bertz CT molecular complexity index is 255. The van der Waals surface area contributed by atoms with Gasteiger partial charge >= 0.3 is 5.97 Å². The van der Waals surface area contributed by atoms with Crippen LogP contribution < -0.4 is 0 Å². The number of carboxylic acid groups (broad SMARTS) is 1. The van der Waals surface area contributed by atoms with Crippen LogP contribution in [0.15, 0.2) is 17.5 Å². The van der Waals surface area contributed by atoms with Gasteiger partial charge < -0.3 is 10.5 Å². The average molecular weight is 169 g/mol. The van der Waals surface area contributed by atoms with Crippen LogP contribution in [0.5, 0.6) is 0 Å². The molecular weight excluding hydrogens is 162 g/mol. The third kappa shape index (κ3) is 1.65. The van der Waals surface area contributed by atoms with E-state index in [-0.39, 0.29) is 0 Å². The van der Waals surface area contributed by atoms with Gasteiger partial charge in [0.15, 0.2) is 0 Å². The van der Waals surface area contributed by atoms with E-state index in [1.165, 1.54) is 11.3 Å². The molecule has 11 heavy (non-hydrogen) atoms. The van der Waals surface area contributed by atoms with Crippen LogP contribution in [-0.4, -0.2) is 17.3 Å². The maximum absolute atomic E-state index is 10.5. The van der Waals surface area contributed by atoms with E-state index in [1.54, 1.807) is 17.5 Å². The van der Waals surface area contributed by atoms with E-state index in [0.29, 0.717) is 4.88 Å². The Morgan fingerprint density at radius 3 is 2.91 bits per heavy atom. The number of hydrogen-bond acceptors (Lipinski definition) is 3. The minimum atomic E-state index is -0.970. The van der Waals surface area contributed by atoms with Crippen molar-refractivity contribution in [3.63, 3.8) is 0 Å². The molecule has 0 spiro atoms. The molecule has 0 aromatic carbocycles. The van der Waals surface area contributed by atoms with Crippen LogP contribution in [-0.2, 0) is 4.79 Å². The van der Waals surface area contributed by atoms with Crippen molar-refractivity contribution in [2.45, 2.75) is 5.92 Å². The fourth-order valence-corrected chi connectivity index (χ4v) is 1.53. The molecule has 0 amide bonds. The van der Waals surface area contributed by atoms with Crippen LogP contribution in [0.4, 0.5) is 0 Å². The van der Waals surface area contributed by atoms with Gasteiger partial charge in [0.2, 0.25) is 0 Å². The fraction of sp³-hybridized carbons (Fsp3) is 0.143. The molecule has 0 saturated carbocycles. The molecule has 1 heterocycles. The summed E-state index contributed by atoms with van der Waals surface area (Å²) in [6.07, 6.45) is 0.939. The van der Waals surface area contributed by atoms with Crippen molar-refractivity contribution in [3.8, 4) is 0 Å². The summed E-state index contributed by atoms with van der Waals surface area (Å²) < 4.78 is 0.